The van der Waals surface area contributed by atoms with Gasteiger partial charge in [-0.1, -0.05) is 0 Å². The largest absolute Gasteiger partial charge is 0.383 e. The molecule has 22 heavy (non-hydrogen) atoms. The second kappa shape index (κ2) is 7.02. The number of amides is 1. The van der Waals surface area contributed by atoms with Crippen LogP contribution < -0.4 is 10.2 Å². The molecule has 120 valence electrons. The molecule has 1 N–H and O–H groups in total. The fourth-order valence-electron chi connectivity index (χ4n) is 3.13. The number of methoxy groups -OCH3 is 1. The highest BCUT2D eigenvalue weighted by Gasteiger charge is 2.42. The van der Waals surface area contributed by atoms with E-state index in [1.807, 2.05) is 6.07 Å². The topological polar surface area (TPSA) is 76.6 Å². The monoisotopic (exact) mass is 306 g/mol. The van der Waals surface area contributed by atoms with Gasteiger partial charge >= 0.3 is 0 Å². The van der Waals surface area contributed by atoms with Crippen LogP contribution in [0.4, 0.5) is 5.95 Å². The number of hydrogen-bond acceptors (Lipinski definition) is 6. The molecule has 7 heteroatoms. The van der Waals surface area contributed by atoms with Crippen molar-refractivity contribution in [2.75, 3.05) is 38.3 Å². The predicted octanol–water partition coefficient (Wildman–Crippen LogP) is 0.223. The quantitative estimate of drug-likeness (QED) is 0.785. The number of ether oxygens (including phenoxy) is 2. The van der Waals surface area contributed by atoms with Crippen LogP contribution in [0.5, 0.6) is 0 Å². The van der Waals surface area contributed by atoms with Crippen LogP contribution in [0.25, 0.3) is 0 Å². The maximum Gasteiger partial charge on any atom is 0.249 e. The Hall–Kier alpha value is -1.73. The van der Waals surface area contributed by atoms with Crippen molar-refractivity contribution in [3.05, 3.63) is 18.5 Å². The molecule has 1 aromatic heterocycles. The first kappa shape index (κ1) is 15.2. The summed E-state index contributed by atoms with van der Waals surface area (Å²) >= 11 is 0. The minimum atomic E-state index is -0.344. The lowest BCUT2D eigenvalue weighted by Gasteiger charge is -2.33. The van der Waals surface area contributed by atoms with Gasteiger partial charge in [0.25, 0.3) is 0 Å². The average Bonchev–Trinajstić information content (AvgIpc) is 2.99. The molecule has 0 spiro atoms. The highest BCUT2D eigenvalue weighted by molar-refractivity contribution is 5.81. The third-order valence-corrected chi connectivity index (χ3v) is 4.28. The lowest BCUT2D eigenvalue weighted by atomic mass is 9.92. The summed E-state index contributed by atoms with van der Waals surface area (Å²) in [4.78, 5) is 22.8. The third kappa shape index (κ3) is 3.36. The van der Waals surface area contributed by atoms with Crippen molar-refractivity contribution < 1.29 is 14.3 Å². The van der Waals surface area contributed by atoms with Crippen LogP contribution in [0.2, 0.25) is 0 Å². The summed E-state index contributed by atoms with van der Waals surface area (Å²) in [7, 11) is 1.62. The van der Waals surface area contributed by atoms with Gasteiger partial charge in [0.15, 0.2) is 0 Å². The first-order valence-corrected chi connectivity index (χ1v) is 7.72. The Morgan fingerprint density at radius 2 is 2.32 bits per heavy atom. The molecule has 0 bridgehead atoms. The Labute approximate surface area is 130 Å². The number of nitrogens with one attached hydrogen (secondary N) is 1. The van der Waals surface area contributed by atoms with Crippen LogP contribution in [-0.2, 0) is 14.3 Å². The summed E-state index contributed by atoms with van der Waals surface area (Å²) in [6, 6.07) is 1.81. The molecule has 0 radical (unpaired) electrons. The van der Waals surface area contributed by atoms with E-state index in [4.69, 9.17) is 9.47 Å². The van der Waals surface area contributed by atoms with Crippen LogP contribution in [0.15, 0.2) is 18.5 Å². The van der Waals surface area contributed by atoms with E-state index in [1.54, 1.807) is 19.5 Å². The number of carbonyl (C=O) groups is 1. The summed E-state index contributed by atoms with van der Waals surface area (Å²) in [5.74, 6) is 1.14. The Morgan fingerprint density at radius 3 is 3.09 bits per heavy atom. The van der Waals surface area contributed by atoms with Gasteiger partial charge in [0.2, 0.25) is 11.9 Å². The molecule has 3 heterocycles. The molecular formula is C15H22N4O3. The molecule has 1 amide bonds. The van der Waals surface area contributed by atoms with Gasteiger partial charge in [-0.15, -0.1) is 0 Å². The Morgan fingerprint density at radius 1 is 1.50 bits per heavy atom. The summed E-state index contributed by atoms with van der Waals surface area (Å²) in [5, 5.41) is 2.85. The van der Waals surface area contributed by atoms with Gasteiger partial charge in [-0.2, -0.15) is 0 Å². The average molecular weight is 306 g/mol. The first-order chi connectivity index (χ1) is 10.8. The van der Waals surface area contributed by atoms with E-state index in [1.165, 1.54) is 0 Å². The van der Waals surface area contributed by atoms with Gasteiger partial charge in [0, 0.05) is 39.1 Å². The van der Waals surface area contributed by atoms with E-state index in [-0.39, 0.29) is 18.1 Å². The Kier molecular flexibility index (Phi) is 4.84. The molecular weight excluding hydrogens is 284 g/mol. The van der Waals surface area contributed by atoms with E-state index >= 15 is 0 Å². The van der Waals surface area contributed by atoms with Crippen LogP contribution in [-0.4, -0.2) is 61.4 Å². The zero-order valence-electron chi connectivity index (χ0n) is 12.8. The number of carbonyl (C=O) groups excluding carboxylic acids is 1. The second-order valence-electron chi connectivity index (χ2n) is 5.73. The van der Waals surface area contributed by atoms with Crippen LogP contribution >= 0.6 is 0 Å². The number of anilines is 1. The Balaban J connectivity index is 1.54. The SMILES string of the molecule is COCCNC(=O)[C@@H]1C[C@H]2CCN(c3ncccn3)C[C@H]2O1. The molecule has 3 atom stereocenters. The molecule has 0 aliphatic carbocycles. The maximum absolute atomic E-state index is 12.1. The molecule has 2 aliphatic rings. The molecule has 0 aromatic carbocycles. The maximum atomic E-state index is 12.1. The van der Waals surface area contributed by atoms with E-state index in [0.717, 1.165) is 31.9 Å². The number of piperidine rings is 1. The van der Waals surface area contributed by atoms with Gasteiger partial charge in [-0.25, -0.2) is 9.97 Å². The standard InChI is InChI=1S/C15H22N4O3/c1-21-8-6-16-14(20)12-9-11-3-7-19(10-13(11)22-12)15-17-4-2-5-18-15/h2,4-5,11-13H,3,6-10H2,1H3,(H,16,20)/t11-,12+,13-/m1/s1. The lowest BCUT2D eigenvalue weighted by Crippen LogP contribution is -2.43. The van der Waals surface area contributed by atoms with Crippen molar-refractivity contribution in [3.63, 3.8) is 0 Å². The van der Waals surface area contributed by atoms with E-state index in [2.05, 4.69) is 20.2 Å². The molecule has 2 aliphatic heterocycles. The summed E-state index contributed by atoms with van der Waals surface area (Å²) in [6.45, 7) is 2.70. The fourth-order valence-corrected chi connectivity index (χ4v) is 3.13. The molecule has 2 fully saturated rings. The molecule has 0 saturated carbocycles. The van der Waals surface area contributed by atoms with Crippen molar-refractivity contribution in [1.29, 1.82) is 0 Å². The fraction of sp³-hybridized carbons (Fsp3) is 0.667. The number of fused-ring (bicyclic) bond motifs is 1. The molecule has 2 saturated heterocycles. The summed E-state index contributed by atoms with van der Waals surface area (Å²) in [6.07, 6.45) is 5.03. The van der Waals surface area contributed by atoms with Gasteiger partial charge in [-0.05, 0) is 24.8 Å². The van der Waals surface area contributed by atoms with Gasteiger partial charge in [0.1, 0.15) is 6.10 Å². The number of hydrogen-bond donors (Lipinski definition) is 1. The highest BCUT2D eigenvalue weighted by Crippen LogP contribution is 2.34. The first-order valence-electron chi connectivity index (χ1n) is 7.72. The smallest absolute Gasteiger partial charge is 0.249 e. The van der Waals surface area contributed by atoms with Crippen molar-refractivity contribution in [2.45, 2.75) is 25.0 Å². The predicted molar refractivity (Wildman–Crippen MR) is 80.5 cm³/mol. The van der Waals surface area contributed by atoms with Crippen LogP contribution in [0, 0.1) is 5.92 Å². The van der Waals surface area contributed by atoms with Crippen LogP contribution in [0.3, 0.4) is 0 Å². The number of aromatic nitrogens is 2. The zero-order chi connectivity index (χ0) is 15.4. The Bertz CT molecular complexity index is 499. The molecule has 7 nitrogen and oxygen atoms in total. The molecule has 0 unspecified atom stereocenters. The van der Waals surface area contributed by atoms with Crippen molar-refractivity contribution in [2.24, 2.45) is 5.92 Å². The van der Waals surface area contributed by atoms with Gasteiger partial charge in [-0.3, -0.25) is 4.79 Å². The van der Waals surface area contributed by atoms with Crippen molar-refractivity contribution in [3.8, 4) is 0 Å². The van der Waals surface area contributed by atoms with Gasteiger partial charge in [0.05, 0.1) is 12.7 Å². The number of nitrogens with zero attached hydrogens (tertiary/aromatic N) is 3. The van der Waals surface area contributed by atoms with Gasteiger partial charge < -0.3 is 19.7 Å². The minimum Gasteiger partial charge on any atom is -0.383 e. The third-order valence-electron chi connectivity index (χ3n) is 4.28. The van der Waals surface area contributed by atoms with Crippen LogP contribution in [0.1, 0.15) is 12.8 Å². The van der Waals surface area contributed by atoms with Crippen molar-refractivity contribution in [1.82, 2.24) is 15.3 Å². The number of rotatable bonds is 5. The molecule has 3 rings (SSSR count). The van der Waals surface area contributed by atoms with E-state index < -0.39 is 0 Å². The summed E-state index contributed by atoms with van der Waals surface area (Å²) < 4.78 is 10.9. The second-order valence-corrected chi connectivity index (χ2v) is 5.73. The summed E-state index contributed by atoms with van der Waals surface area (Å²) in [5.41, 5.74) is 0. The normalized spacial score (nSPS) is 27.5. The highest BCUT2D eigenvalue weighted by atomic mass is 16.5. The molecule has 1 aromatic rings. The zero-order valence-corrected chi connectivity index (χ0v) is 12.8. The minimum absolute atomic E-state index is 0.0334. The van der Waals surface area contributed by atoms with E-state index in [0.29, 0.717) is 19.1 Å². The van der Waals surface area contributed by atoms with Crippen molar-refractivity contribution >= 4 is 11.9 Å². The lowest BCUT2D eigenvalue weighted by molar-refractivity contribution is -0.132. The van der Waals surface area contributed by atoms with E-state index in [9.17, 15) is 4.79 Å².